The van der Waals surface area contributed by atoms with E-state index in [9.17, 15) is 13.2 Å². The molecule has 0 radical (unpaired) electrons. The Morgan fingerprint density at radius 2 is 2.10 bits per heavy atom. The number of hydrogen-bond acceptors (Lipinski definition) is 4. The summed E-state index contributed by atoms with van der Waals surface area (Å²) in [6, 6.07) is 7.44. The van der Waals surface area contributed by atoms with Crippen molar-refractivity contribution >= 4 is 29.9 Å². The number of aryl methyl sites for hydroxylation is 2. The van der Waals surface area contributed by atoms with Gasteiger partial charge >= 0.3 is 6.18 Å². The number of ether oxygens (including phenoxy) is 1. The SMILES string of the molecule is CCNC(=NCc1cccc(COCC(F)(F)F)c1)NC1CCc2nc(C)nn2C1.I. The van der Waals surface area contributed by atoms with E-state index in [4.69, 9.17) is 4.74 Å². The number of nitrogens with one attached hydrogen (secondary N) is 2. The standard InChI is InChI=1S/C20H27F3N6O.HI/c1-3-24-19(27-17-7-8-18-26-14(2)28-29(18)11-17)25-10-15-5-4-6-16(9-15)12-30-13-20(21,22)23;/h4-6,9,17H,3,7-8,10-13H2,1-2H3,(H2,24,25,27);1H. The van der Waals surface area contributed by atoms with Crippen LogP contribution in [0.1, 0.15) is 36.1 Å². The molecule has 1 aromatic heterocycles. The fraction of sp³-hybridized carbons (Fsp3) is 0.550. The van der Waals surface area contributed by atoms with Gasteiger partial charge in [0.25, 0.3) is 0 Å². The van der Waals surface area contributed by atoms with Crippen LogP contribution in [-0.4, -0.2) is 46.1 Å². The van der Waals surface area contributed by atoms with Gasteiger partial charge in [-0.25, -0.2) is 14.7 Å². The predicted octanol–water partition coefficient (Wildman–Crippen LogP) is 3.35. The van der Waals surface area contributed by atoms with E-state index < -0.39 is 12.8 Å². The van der Waals surface area contributed by atoms with Crippen LogP contribution in [0.15, 0.2) is 29.3 Å². The van der Waals surface area contributed by atoms with Gasteiger partial charge in [-0.2, -0.15) is 18.3 Å². The summed E-state index contributed by atoms with van der Waals surface area (Å²) in [4.78, 5) is 9.05. The minimum atomic E-state index is -4.32. The minimum absolute atomic E-state index is 0. The highest BCUT2D eigenvalue weighted by molar-refractivity contribution is 14.0. The molecule has 0 bridgehead atoms. The Morgan fingerprint density at radius 1 is 1.32 bits per heavy atom. The molecule has 7 nitrogen and oxygen atoms in total. The first-order chi connectivity index (χ1) is 14.3. The smallest absolute Gasteiger partial charge is 0.367 e. The van der Waals surface area contributed by atoms with E-state index in [0.717, 1.165) is 43.1 Å². The molecule has 1 aromatic carbocycles. The van der Waals surface area contributed by atoms with Gasteiger partial charge in [0, 0.05) is 19.0 Å². The third kappa shape index (κ3) is 8.28. The van der Waals surface area contributed by atoms with E-state index in [1.54, 1.807) is 12.1 Å². The van der Waals surface area contributed by atoms with Crippen LogP contribution in [0.2, 0.25) is 0 Å². The summed E-state index contributed by atoms with van der Waals surface area (Å²) in [5.41, 5.74) is 1.59. The zero-order valence-corrected chi connectivity index (χ0v) is 19.9. The van der Waals surface area contributed by atoms with Crippen LogP contribution in [0.4, 0.5) is 13.2 Å². The molecule has 0 saturated heterocycles. The van der Waals surface area contributed by atoms with Crippen molar-refractivity contribution in [3.05, 3.63) is 47.0 Å². The average molecular weight is 552 g/mol. The first-order valence-electron chi connectivity index (χ1n) is 10.00. The molecule has 11 heteroatoms. The van der Waals surface area contributed by atoms with Crippen LogP contribution in [0.25, 0.3) is 0 Å². The molecule has 0 aliphatic carbocycles. The zero-order chi connectivity index (χ0) is 21.6. The molecule has 2 heterocycles. The predicted molar refractivity (Wildman–Crippen MR) is 122 cm³/mol. The number of aromatic nitrogens is 3. The lowest BCUT2D eigenvalue weighted by Gasteiger charge is -2.25. The van der Waals surface area contributed by atoms with Crippen molar-refractivity contribution in [2.45, 2.75) is 58.6 Å². The second kappa shape index (κ2) is 11.7. The second-order valence-corrected chi connectivity index (χ2v) is 7.26. The number of fused-ring (bicyclic) bond motifs is 1. The van der Waals surface area contributed by atoms with E-state index in [1.165, 1.54) is 0 Å². The van der Waals surface area contributed by atoms with Gasteiger partial charge in [-0.3, -0.25) is 0 Å². The normalized spacial score (nSPS) is 16.4. The Hall–Kier alpha value is -1.89. The maximum atomic E-state index is 12.2. The van der Waals surface area contributed by atoms with Crippen LogP contribution < -0.4 is 10.6 Å². The number of aliphatic imine (C=N–C) groups is 1. The number of halogens is 4. The van der Waals surface area contributed by atoms with E-state index in [2.05, 4.69) is 25.7 Å². The van der Waals surface area contributed by atoms with Crippen molar-refractivity contribution in [3.8, 4) is 0 Å². The molecule has 2 aromatic rings. The third-order valence-electron chi connectivity index (χ3n) is 4.59. The van der Waals surface area contributed by atoms with E-state index in [0.29, 0.717) is 18.1 Å². The summed E-state index contributed by atoms with van der Waals surface area (Å²) < 4.78 is 43.4. The number of alkyl halides is 3. The van der Waals surface area contributed by atoms with Gasteiger partial charge in [-0.15, -0.1) is 24.0 Å². The monoisotopic (exact) mass is 552 g/mol. The van der Waals surface area contributed by atoms with Crippen molar-refractivity contribution < 1.29 is 17.9 Å². The summed E-state index contributed by atoms with van der Waals surface area (Å²) in [7, 11) is 0. The Morgan fingerprint density at radius 3 is 2.84 bits per heavy atom. The molecule has 0 amide bonds. The Bertz CT molecular complexity index is 871. The van der Waals surface area contributed by atoms with E-state index in [1.807, 2.05) is 30.7 Å². The van der Waals surface area contributed by atoms with Gasteiger partial charge in [0.05, 0.1) is 19.7 Å². The highest BCUT2D eigenvalue weighted by Crippen LogP contribution is 2.16. The molecule has 0 spiro atoms. The number of guanidine groups is 1. The zero-order valence-electron chi connectivity index (χ0n) is 17.6. The Balaban J connectivity index is 0.00000341. The number of rotatable bonds is 7. The second-order valence-electron chi connectivity index (χ2n) is 7.26. The van der Waals surface area contributed by atoms with Crippen LogP contribution in [0.3, 0.4) is 0 Å². The quantitative estimate of drug-likeness (QED) is 0.313. The van der Waals surface area contributed by atoms with Crippen LogP contribution in [0, 0.1) is 6.92 Å². The van der Waals surface area contributed by atoms with Crippen molar-refractivity contribution in [2.75, 3.05) is 13.2 Å². The molecule has 0 fully saturated rings. The molecular formula is C20H28F3IN6O. The lowest BCUT2D eigenvalue weighted by molar-refractivity contribution is -0.176. The largest absolute Gasteiger partial charge is 0.411 e. The third-order valence-corrected chi connectivity index (χ3v) is 4.59. The van der Waals surface area contributed by atoms with Gasteiger partial charge in [-0.1, -0.05) is 24.3 Å². The maximum absolute atomic E-state index is 12.2. The number of benzene rings is 1. The minimum Gasteiger partial charge on any atom is -0.367 e. The lowest BCUT2D eigenvalue weighted by Crippen LogP contribution is -2.47. The van der Waals surface area contributed by atoms with E-state index >= 15 is 0 Å². The van der Waals surface area contributed by atoms with E-state index in [-0.39, 0.29) is 36.6 Å². The van der Waals surface area contributed by atoms with Crippen LogP contribution in [-0.2, 0) is 30.9 Å². The Labute approximate surface area is 196 Å². The molecular weight excluding hydrogens is 524 g/mol. The van der Waals surface area contributed by atoms with Gasteiger partial charge < -0.3 is 15.4 Å². The molecule has 1 aliphatic rings. The summed E-state index contributed by atoms with van der Waals surface area (Å²) in [6.07, 6.45) is -2.52. The summed E-state index contributed by atoms with van der Waals surface area (Å²) in [5, 5.41) is 11.1. The maximum Gasteiger partial charge on any atom is 0.411 e. The van der Waals surface area contributed by atoms with Gasteiger partial charge in [0.2, 0.25) is 0 Å². The summed E-state index contributed by atoms with van der Waals surface area (Å²) in [5.74, 6) is 2.49. The molecule has 31 heavy (non-hydrogen) atoms. The molecule has 172 valence electrons. The molecule has 0 saturated carbocycles. The lowest BCUT2D eigenvalue weighted by atomic mass is 10.1. The topological polar surface area (TPSA) is 76.4 Å². The summed E-state index contributed by atoms with van der Waals surface area (Å²) >= 11 is 0. The molecule has 2 N–H and O–H groups in total. The number of nitrogens with zero attached hydrogens (tertiary/aromatic N) is 4. The van der Waals surface area contributed by atoms with Gasteiger partial charge in [0.15, 0.2) is 5.96 Å². The van der Waals surface area contributed by atoms with Crippen LogP contribution in [0.5, 0.6) is 0 Å². The van der Waals surface area contributed by atoms with Gasteiger partial charge in [0.1, 0.15) is 18.3 Å². The molecule has 1 unspecified atom stereocenters. The van der Waals surface area contributed by atoms with Crippen LogP contribution >= 0.6 is 24.0 Å². The number of hydrogen-bond donors (Lipinski definition) is 2. The van der Waals surface area contributed by atoms with Crippen molar-refractivity contribution in [1.82, 2.24) is 25.4 Å². The van der Waals surface area contributed by atoms with Gasteiger partial charge in [-0.05, 0) is 31.4 Å². The highest BCUT2D eigenvalue weighted by Gasteiger charge is 2.27. The first kappa shape index (κ1) is 25.4. The molecule has 1 atom stereocenters. The fourth-order valence-electron chi connectivity index (χ4n) is 3.34. The highest BCUT2D eigenvalue weighted by atomic mass is 127. The van der Waals surface area contributed by atoms with Crippen molar-refractivity contribution in [3.63, 3.8) is 0 Å². The van der Waals surface area contributed by atoms with Crippen molar-refractivity contribution in [1.29, 1.82) is 0 Å². The average Bonchev–Trinajstić information content (AvgIpc) is 3.05. The Kier molecular flexibility index (Phi) is 9.54. The molecule has 1 aliphatic heterocycles. The molecule has 3 rings (SSSR count). The first-order valence-corrected chi connectivity index (χ1v) is 10.00. The summed E-state index contributed by atoms with van der Waals surface area (Å²) in [6.45, 7) is 4.40. The fourth-order valence-corrected chi connectivity index (χ4v) is 3.34. The van der Waals surface area contributed by atoms with Crippen molar-refractivity contribution in [2.24, 2.45) is 4.99 Å².